The molecule has 0 spiro atoms. The van der Waals surface area contributed by atoms with Gasteiger partial charge < -0.3 is 9.88 Å². The standard InChI is InChI=1S/C21H26N6O2S/c1-14-10-18-17(12-27(14)19-6-8-23-21-16(19)5-7-22-21)20(25-13-24-18)15-4-3-9-26(11-15)30(2,28)29/h5-8,13-15H,3-4,9-12H2,1-2H3,(H,22,23)/t14-,15-/m1/s1. The molecule has 0 bridgehead atoms. The summed E-state index contributed by atoms with van der Waals surface area (Å²) in [6.45, 7) is 4.02. The van der Waals surface area contributed by atoms with Crippen LogP contribution in [0.15, 0.2) is 30.9 Å². The molecule has 3 aromatic heterocycles. The number of hydrogen-bond donors (Lipinski definition) is 1. The number of sulfonamides is 1. The predicted octanol–water partition coefficient (Wildman–Crippen LogP) is 2.44. The molecule has 0 unspecified atom stereocenters. The van der Waals surface area contributed by atoms with Gasteiger partial charge >= 0.3 is 0 Å². The Hall–Kier alpha value is -2.52. The Kier molecular flexibility index (Phi) is 4.74. The van der Waals surface area contributed by atoms with Crippen LogP contribution in [0.2, 0.25) is 0 Å². The van der Waals surface area contributed by atoms with E-state index in [-0.39, 0.29) is 5.92 Å². The van der Waals surface area contributed by atoms with Gasteiger partial charge in [-0.25, -0.2) is 27.7 Å². The summed E-state index contributed by atoms with van der Waals surface area (Å²) in [5.41, 5.74) is 5.27. The molecule has 1 N–H and O–H groups in total. The van der Waals surface area contributed by atoms with Crippen molar-refractivity contribution in [1.29, 1.82) is 0 Å². The molecule has 2 aliphatic heterocycles. The monoisotopic (exact) mass is 426 g/mol. The summed E-state index contributed by atoms with van der Waals surface area (Å²) in [4.78, 5) is 19.2. The number of H-pyrrole nitrogens is 1. The van der Waals surface area contributed by atoms with Gasteiger partial charge in [-0.1, -0.05) is 0 Å². The van der Waals surface area contributed by atoms with Crippen LogP contribution in [-0.4, -0.2) is 58.0 Å². The van der Waals surface area contributed by atoms with Crippen molar-refractivity contribution in [2.45, 2.75) is 44.7 Å². The second kappa shape index (κ2) is 7.31. The van der Waals surface area contributed by atoms with E-state index in [1.165, 1.54) is 6.26 Å². The normalized spacial score (nSPS) is 22.9. The molecule has 3 aromatic rings. The Balaban J connectivity index is 1.52. The molecule has 2 atom stereocenters. The molecule has 1 saturated heterocycles. The third kappa shape index (κ3) is 3.35. The zero-order valence-corrected chi connectivity index (χ0v) is 18.1. The number of nitrogens with one attached hydrogen (secondary N) is 1. The lowest BCUT2D eigenvalue weighted by atomic mass is 9.88. The fourth-order valence-corrected chi connectivity index (χ4v) is 5.78. The largest absolute Gasteiger partial charge is 0.363 e. The topological polar surface area (TPSA) is 95.1 Å². The first kappa shape index (κ1) is 19.4. The van der Waals surface area contributed by atoms with Crippen LogP contribution < -0.4 is 4.90 Å². The lowest BCUT2D eigenvalue weighted by molar-refractivity contribution is 0.312. The van der Waals surface area contributed by atoms with Crippen LogP contribution in [0.1, 0.15) is 42.6 Å². The molecule has 8 nitrogen and oxygen atoms in total. The summed E-state index contributed by atoms with van der Waals surface area (Å²) < 4.78 is 25.8. The maximum Gasteiger partial charge on any atom is 0.211 e. The van der Waals surface area contributed by atoms with Gasteiger partial charge in [0.2, 0.25) is 10.0 Å². The van der Waals surface area contributed by atoms with Crippen molar-refractivity contribution in [2.24, 2.45) is 0 Å². The number of hydrogen-bond acceptors (Lipinski definition) is 6. The zero-order valence-electron chi connectivity index (χ0n) is 17.2. The Bertz CT molecular complexity index is 1190. The Morgan fingerprint density at radius 2 is 2.07 bits per heavy atom. The van der Waals surface area contributed by atoms with Crippen molar-refractivity contribution in [3.8, 4) is 0 Å². The van der Waals surface area contributed by atoms with E-state index in [2.05, 4.69) is 43.9 Å². The lowest BCUT2D eigenvalue weighted by Crippen LogP contribution is -2.42. The number of pyridine rings is 1. The fourth-order valence-electron chi connectivity index (χ4n) is 4.87. The van der Waals surface area contributed by atoms with Gasteiger partial charge in [0.1, 0.15) is 12.0 Å². The van der Waals surface area contributed by atoms with Crippen LogP contribution in [0.3, 0.4) is 0 Å². The number of anilines is 1. The molecular formula is C21H26N6O2S. The lowest BCUT2D eigenvalue weighted by Gasteiger charge is -2.38. The van der Waals surface area contributed by atoms with Crippen molar-refractivity contribution in [3.05, 3.63) is 47.8 Å². The molecule has 0 radical (unpaired) electrons. The summed E-state index contributed by atoms with van der Waals surface area (Å²) in [6.07, 6.45) is 9.32. The van der Waals surface area contributed by atoms with E-state index >= 15 is 0 Å². The van der Waals surface area contributed by atoms with E-state index in [1.807, 2.05) is 12.4 Å². The van der Waals surface area contributed by atoms with Crippen molar-refractivity contribution in [2.75, 3.05) is 24.2 Å². The summed E-state index contributed by atoms with van der Waals surface area (Å²) in [5, 5.41) is 1.10. The summed E-state index contributed by atoms with van der Waals surface area (Å²) in [7, 11) is -3.20. The third-order valence-corrected chi connectivity index (χ3v) is 7.67. The highest BCUT2D eigenvalue weighted by Gasteiger charge is 2.33. The number of rotatable bonds is 3. The van der Waals surface area contributed by atoms with Gasteiger partial charge in [0, 0.05) is 67.0 Å². The fraction of sp³-hybridized carbons (Fsp3) is 0.476. The number of nitrogens with zero attached hydrogens (tertiary/aromatic N) is 5. The molecule has 30 heavy (non-hydrogen) atoms. The van der Waals surface area contributed by atoms with Crippen LogP contribution >= 0.6 is 0 Å². The van der Waals surface area contributed by atoms with Crippen molar-refractivity contribution >= 4 is 26.7 Å². The van der Waals surface area contributed by atoms with Crippen LogP contribution in [0.4, 0.5) is 5.69 Å². The minimum Gasteiger partial charge on any atom is -0.363 e. The first-order valence-electron chi connectivity index (χ1n) is 10.4. The highest BCUT2D eigenvalue weighted by atomic mass is 32.2. The summed E-state index contributed by atoms with van der Waals surface area (Å²) in [5.74, 6) is 0.102. The van der Waals surface area contributed by atoms with Gasteiger partial charge in [0.15, 0.2) is 0 Å². The average Bonchev–Trinajstić information content (AvgIpc) is 3.21. The average molecular weight is 427 g/mol. The van der Waals surface area contributed by atoms with E-state index in [4.69, 9.17) is 0 Å². The Morgan fingerprint density at radius 1 is 1.20 bits per heavy atom. The molecule has 2 aliphatic rings. The molecule has 0 saturated carbocycles. The quantitative estimate of drug-likeness (QED) is 0.691. The van der Waals surface area contributed by atoms with Gasteiger partial charge in [-0.05, 0) is 31.9 Å². The first-order chi connectivity index (χ1) is 14.4. The maximum atomic E-state index is 12.1. The highest BCUT2D eigenvalue weighted by molar-refractivity contribution is 7.88. The smallest absolute Gasteiger partial charge is 0.211 e. The van der Waals surface area contributed by atoms with Crippen LogP contribution in [0.25, 0.3) is 11.0 Å². The molecule has 5 heterocycles. The van der Waals surface area contributed by atoms with Crippen LogP contribution in [0.5, 0.6) is 0 Å². The highest BCUT2D eigenvalue weighted by Crippen LogP contribution is 2.36. The second-order valence-corrected chi connectivity index (χ2v) is 10.4. The molecule has 158 valence electrons. The number of piperidine rings is 1. The van der Waals surface area contributed by atoms with Crippen molar-refractivity contribution in [3.63, 3.8) is 0 Å². The number of fused-ring (bicyclic) bond motifs is 2. The van der Waals surface area contributed by atoms with Crippen LogP contribution in [-0.2, 0) is 23.0 Å². The van der Waals surface area contributed by atoms with Gasteiger partial charge in [-0.2, -0.15) is 0 Å². The Labute approximate surface area is 176 Å². The molecule has 5 rings (SSSR count). The molecule has 9 heteroatoms. The number of aromatic nitrogens is 4. The Morgan fingerprint density at radius 3 is 2.90 bits per heavy atom. The molecule has 0 aliphatic carbocycles. The van der Waals surface area contributed by atoms with Gasteiger partial charge in [0.05, 0.1) is 17.6 Å². The van der Waals surface area contributed by atoms with Gasteiger partial charge in [-0.3, -0.25) is 0 Å². The first-order valence-corrected chi connectivity index (χ1v) is 12.2. The van der Waals surface area contributed by atoms with E-state index < -0.39 is 10.0 Å². The molecule has 1 fully saturated rings. The molecule has 0 aromatic carbocycles. The van der Waals surface area contributed by atoms with E-state index in [0.717, 1.165) is 52.9 Å². The van der Waals surface area contributed by atoms with Crippen LogP contribution in [0, 0.1) is 0 Å². The summed E-state index contributed by atoms with van der Waals surface area (Å²) in [6, 6.07) is 4.42. The SMILES string of the molecule is C[C@@H]1Cc2ncnc([C@@H]3CCCN(S(C)(=O)=O)C3)c2CN1c1ccnc2[nH]ccc12. The van der Waals surface area contributed by atoms with Crippen molar-refractivity contribution < 1.29 is 8.42 Å². The maximum absolute atomic E-state index is 12.1. The van der Waals surface area contributed by atoms with E-state index in [9.17, 15) is 8.42 Å². The minimum atomic E-state index is -3.20. The zero-order chi connectivity index (χ0) is 20.9. The van der Waals surface area contributed by atoms with Crippen molar-refractivity contribution in [1.82, 2.24) is 24.2 Å². The van der Waals surface area contributed by atoms with Gasteiger partial charge in [-0.15, -0.1) is 0 Å². The summed E-state index contributed by atoms with van der Waals surface area (Å²) >= 11 is 0. The minimum absolute atomic E-state index is 0.102. The molecular weight excluding hydrogens is 400 g/mol. The van der Waals surface area contributed by atoms with E-state index in [1.54, 1.807) is 10.6 Å². The molecule has 0 amide bonds. The van der Waals surface area contributed by atoms with E-state index in [0.29, 0.717) is 25.7 Å². The predicted molar refractivity (Wildman–Crippen MR) is 116 cm³/mol. The second-order valence-electron chi connectivity index (χ2n) is 8.40. The number of aromatic amines is 1. The van der Waals surface area contributed by atoms with Gasteiger partial charge in [0.25, 0.3) is 0 Å². The third-order valence-electron chi connectivity index (χ3n) is 6.40.